The number of hydrogen-bond donors (Lipinski definition) is 0. The molecule has 0 atom stereocenters. The number of methoxy groups -OCH3 is 2. The van der Waals surface area contributed by atoms with Crippen LogP contribution in [0.1, 0.15) is 5.56 Å². The summed E-state index contributed by atoms with van der Waals surface area (Å²) in [6, 6.07) is 5.72. The first-order chi connectivity index (χ1) is 6.81. The highest BCUT2D eigenvalue weighted by molar-refractivity contribution is 6.19. The molecule has 1 aromatic rings. The summed E-state index contributed by atoms with van der Waals surface area (Å²) in [5, 5.41) is 0. The molecule has 0 heterocycles. The van der Waals surface area contributed by atoms with E-state index in [1.807, 2.05) is 30.4 Å². The maximum Gasteiger partial charge on any atom is 0.161 e. The zero-order valence-corrected chi connectivity index (χ0v) is 9.04. The molecule has 0 saturated heterocycles. The Morgan fingerprint density at radius 3 is 2.50 bits per heavy atom. The fourth-order valence-electron chi connectivity index (χ4n) is 1.14. The Hall–Kier alpha value is -1.15. The van der Waals surface area contributed by atoms with Crippen molar-refractivity contribution >= 4 is 17.7 Å². The van der Waals surface area contributed by atoms with Gasteiger partial charge in [0.1, 0.15) is 0 Å². The van der Waals surface area contributed by atoms with Gasteiger partial charge in [-0.3, -0.25) is 0 Å². The lowest BCUT2D eigenvalue weighted by Crippen LogP contribution is -1.90. The third-order valence-corrected chi connectivity index (χ3v) is 1.99. The quantitative estimate of drug-likeness (QED) is 0.715. The van der Waals surface area contributed by atoms with Crippen molar-refractivity contribution < 1.29 is 9.47 Å². The van der Waals surface area contributed by atoms with Crippen LogP contribution in [0.3, 0.4) is 0 Å². The highest BCUT2D eigenvalue weighted by atomic mass is 35.5. The van der Waals surface area contributed by atoms with E-state index in [-0.39, 0.29) is 0 Å². The minimum atomic E-state index is 0.508. The molecule has 2 nitrogen and oxygen atoms in total. The standard InChI is InChI=1S/C11H13ClO2/c1-13-10-6-5-9(4-3-7-12)8-11(10)14-2/h3-6,8H,7H2,1-2H3/b4-3+. The Kier molecular flexibility index (Phi) is 4.33. The number of ether oxygens (including phenoxy) is 2. The predicted molar refractivity (Wildman–Crippen MR) is 59.3 cm³/mol. The smallest absolute Gasteiger partial charge is 0.161 e. The van der Waals surface area contributed by atoms with Gasteiger partial charge < -0.3 is 9.47 Å². The summed E-state index contributed by atoms with van der Waals surface area (Å²) < 4.78 is 10.3. The van der Waals surface area contributed by atoms with Gasteiger partial charge in [0.05, 0.1) is 14.2 Å². The molecule has 0 spiro atoms. The maximum absolute atomic E-state index is 5.54. The molecule has 14 heavy (non-hydrogen) atoms. The average molecular weight is 213 g/mol. The minimum Gasteiger partial charge on any atom is -0.493 e. The second kappa shape index (κ2) is 5.55. The molecule has 0 bridgehead atoms. The summed E-state index contributed by atoms with van der Waals surface area (Å²) in [5.74, 6) is 1.97. The van der Waals surface area contributed by atoms with Crippen LogP contribution in [0, 0.1) is 0 Å². The van der Waals surface area contributed by atoms with Gasteiger partial charge in [0.2, 0.25) is 0 Å². The Balaban J connectivity index is 2.95. The molecular formula is C11H13ClO2. The van der Waals surface area contributed by atoms with E-state index in [1.54, 1.807) is 14.2 Å². The first-order valence-corrected chi connectivity index (χ1v) is 4.79. The minimum absolute atomic E-state index is 0.508. The summed E-state index contributed by atoms with van der Waals surface area (Å²) in [7, 11) is 3.24. The molecule has 1 aromatic carbocycles. The van der Waals surface area contributed by atoms with Gasteiger partial charge >= 0.3 is 0 Å². The summed E-state index contributed by atoms with van der Waals surface area (Å²) >= 11 is 5.54. The molecule has 0 aliphatic rings. The van der Waals surface area contributed by atoms with Crippen LogP contribution >= 0.6 is 11.6 Å². The van der Waals surface area contributed by atoms with E-state index in [0.717, 1.165) is 17.1 Å². The van der Waals surface area contributed by atoms with Gasteiger partial charge in [-0.2, -0.15) is 0 Å². The van der Waals surface area contributed by atoms with E-state index in [2.05, 4.69) is 0 Å². The van der Waals surface area contributed by atoms with Gasteiger partial charge in [-0.1, -0.05) is 18.2 Å². The lowest BCUT2D eigenvalue weighted by molar-refractivity contribution is 0.355. The van der Waals surface area contributed by atoms with Crippen molar-refractivity contribution in [2.45, 2.75) is 0 Å². The molecule has 0 fully saturated rings. The number of halogens is 1. The molecule has 0 unspecified atom stereocenters. The van der Waals surface area contributed by atoms with Gasteiger partial charge in [0.15, 0.2) is 11.5 Å². The largest absolute Gasteiger partial charge is 0.493 e. The molecule has 3 heteroatoms. The van der Waals surface area contributed by atoms with Crippen LogP contribution in [0.4, 0.5) is 0 Å². The topological polar surface area (TPSA) is 18.5 Å². The summed E-state index contributed by atoms with van der Waals surface area (Å²) in [4.78, 5) is 0. The Morgan fingerprint density at radius 1 is 1.21 bits per heavy atom. The molecule has 0 N–H and O–H groups in total. The average Bonchev–Trinajstić information content (AvgIpc) is 2.25. The molecular weight excluding hydrogens is 200 g/mol. The van der Waals surface area contributed by atoms with Crippen LogP contribution in [0.25, 0.3) is 6.08 Å². The molecule has 0 aromatic heterocycles. The number of rotatable bonds is 4. The lowest BCUT2D eigenvalue weighted by Gasteiger charge is -2.07. The number of alkyl halides is 1. The van der Waals surface area contributed by atoms with Gasteiger partial charge in [0.25, 0.3) is 0 Å². The van der Waals surface area contributed by atoms with E-state index >= 15 is 0 Å². The van der Waals surface area contributed by atoms with Crippen molar-refractivity contribution in [3.8, 4) is 11.5 Å². The fraction of sp³-hybridized carbons (Fsp3) is 0.273. The molecule has 0 aliphatic carbocycles. The van der Waals surface area contributed by atoms with Crippen molar-refractivity contribution in [3.63, 3.8) is 0 Å². The summed E-state index contributed by atoms with van der Waals surface area (Å²) in [5.41, 5.74) is 1.04. The van der Waals surface area contributed by atoms with Crippen LogP contribution in [0.15, 0.2) is 24.3 Å². The van der Waals surface area contributed by atoms with Crippen molar-refractivity contribution in [2.75, 3.05) is 20.1 Å². The zero-order chi connectivity index (χ0) is 10.4. The molecule has 0 amide bonds. The normalized spacial score (nSPS) is 10.5. The SMILES string of the molecule is COc1ccc(/C=C/CCl)cc1OC. The van der Waals surface area contributed by atoms with E-state index in [1.165, 1.54) is 0 Å². The van der Waals surface area contributed by atoms with E-state index in [4.69, 9.17) is 21.1 Å². The molecule has 76 valence electrons. The highest BCUT2D eigenvalue weighted by Gasteiger charge is 2.01. The molecule has 1 rings (SSSR count). The fourth-order valence-corrected chi connectivity index (χ4v) is 1.23. The maximum atomic E-state index is 5.54. The van der Waals surface area contributed by atoms with Gasteiger partial charge in [-0.05, 0) is 17.7 Å². The van der Waals surface area contributed by atoms with Gasteiger partial charge in [-0.25, -0.2) is 0 Å². The Bertz CT molecular complexity index is 321. The predicted octanol–water partition coefficient (Wildman–Crippen LogP) is 2.96. The first kappa shape index (κ1) is 10.9. The molecule has 0 saturated carbocycles. The van der Waals surface area contributed by atoms with Crippen LogP contribution in [0.2, 0.25) is 0 Å². The van der Waals surface area contributed by atoms with Crippen LogP contribution in [-0.2, 0) is 0 Å². The van der Waals surface area contributed by atoms with Gasteiger partial charge in [-0.15, -0.1) is 11.6 Å². The van der Waals surface area contributed by atoms with Crippen molar-refractivity contribution in [3.05, 3.63) is 29.8 Å². The van der Waals surface area contributed by atoms with E-state index in [0.29, 0.717) is 5.88 Å². The number of hydrogen-bond acceptors (Lipinski definition) is 2. The second-order valence-electron chi connectivity index (χ2n) is 2.67. The first-order valence-electron chi connectivity index (χ1n) is 4.26. The second-order valence-corrected chi connectivity index (χ2v) is 2.98. The third kappa shape index (κ3) is 2.67. The molecule has 0 radical (unpaired) electrons. The summed E-state index contributed by atoms with van der Waals surface area (Å²) in [6.45, 7) is 0. The van der Waals surface area contributed by atoms with Crippen LogP contribution in [-0.4, -0.2) is 20.1 Å². The van der Waals surface area contributed by atoms with E-state index < -0.39 is 0 Å². The van der Waals surface area contributed by atoms with E-state index in [9.17, 15) is 0 Å². The zero-order valence-electron chi connectivity index (χ0n) is 8.29. The highest BCUT2D eigenvalue weighted by Crippen LogP contribution is 2.27. The Labute approximate surface area is 89.1 Å². The number of benzene rings is 1. The Morgan fingerprint density at radius 2 is 1.93 bits per heavy atom. The van der Waals surface area contributed by atoms with Crippen LogP contribution in [0.5, 0.6) is 11.5 Å². The van der Waals surface area contributed by atoms with Crippen LogP contribution < -0.4 is 9.47 Å². The lowest BCUT2D eigenvalue weighted by atomic mass is 10.2. The third-order valence-electron chi connectivity index (χ3n) is 1.81. The number of allylic oxidation sites excluding steroid dienone is 1. The summed E-state index contributed by atoms with van der Waals surface area (Å²) in [6.07, 6.45) is 3.82. The van der Waals surface area contributed by atoms with Crippen molar-refractivity contribution in [1.82, 2.24) is 0 Å². The van der Waals surface area contributed by atoms with Crippen molar-refractivity contribution in [2.24, 2.45) is 0 Å². The van der Waals surface area contributed by atoms with Gasteiger partial charge in [0, 0.05) is 5.88 Å². The molecule has 0 aliphatic heterocycles. The van der Waals surface area contributed by atoms with Crippen molar-refractivity contribution in [1.29, 1.82) is 0 Å². The monoisotopic (exact) mass is 212 g/mol.